The Labute approximate surface area is 239 Å². The van der Waals surface area contributed by atoms with E-state index in [9.17, 15) is 14.4 Å². The Morgan fingerprint density at radius 1 is 0.805 bits per heavy atom. The number of urea groups is 1. The maximum absolute atomic E-state index is 13.6. The van der Waals surface area contributed by atoms with Gasteiger partial charge in [-0.2, -0.15) is 0 Å². The number of benzene rings is 3. The van der Waals surface area contributed by atoms with Gasteiger partial charge in [-0.1, -0.05) is 17.7 Å². The van der Waals surface area contributed by atoms with Crippen molar-refractivity contribution in [1.82, 2.24) is 9.80 Å². The van der Waals surface area contributed by atoms with Gasteiger partial charge in [-0.3, -0.25) is 9.59 Å². The van der Waals surface area contributed by atoms with Crippen LogP contribution in [0.1, 0.15) is 40.1 Å². The molecule has 41 heavy (non-hydrogen) atoms. The summed E-state index contributed by atoms with van der Waals surface area (Å²) in [5, 5.41) is 5.87. The summed E-state index contributed by atoms with van der Waals surface area (Å²) < 4.78 is 10.7. The normalized spacial score (nSPS) is 14.0. The number of ether oxygens (including phenoxy) is 2. The number of anilines is 3. The van der Waals surface area contributed by atoms with Crippen LogP contribution >= 0.6 is 0 Å². The predicted octanol–water partition coefficient (Wildman–Crippen LogP) is 4.81. The fraction of sp³-hybridized carbons (Fsp3) is 0.323. The second-order valence-corrected chi connectivity index (χ2v) is 10.0. The second-order valence-electron chi connectivity index (χ2n) is 10.0. The van der Waals surface area contributed by atoms with Gasteiger partial charge in [-0.15, -0.1) is 0 Å². The van der Waals surface area contributed by atoms with Crippen molar-refractivity contribution in [3.05, 3.63) is 77.4 Å². The van der Waals surface area contributed by atoms with Gasteiger partial charge < -0.3 is 34.8 Å². The minimum absolute atomic E-state index is 0.108. The fourth-order valence-corrected chi connectivity index (χ4v) is 4.97. The molecule has 5 rings (SSSR count). The number of fused-ring (bicyclic) bond motifs is 1. The molecule has 0 atom stereocenters. The van der Waals surface area contributed by atoms with Crippen molar-refractivity contribution >= 4 is 34.9 Å². The van der Waals surface area contributed by atoms with Gasteiger partial charge in [0.05, 0.1) is 5.56 Å². The number of amides is 4. The van der Waals surface area contributed by atoms with Crippen LogP contribution in [-0.4, -0.2) is 73.7 Å². The summed E-state index contributed by atoms with van der Waals surface area (Å²) in [5.41, 5.74) is 4.12. The van der Waals surface area contributed by atoms with Crippen LogP contribution in [0, 0.1) is 6.92 Å². The molecule has 3 aromatic rings. The smallest absolute Gasteiger partial charge is 0.321 e. The number of carbonyl (C=O) groups excluding carboxylic acids is 3. The van der Waals surface area contributed by atoms with Crippen molar-refractivity contribution in [1.29, 1.82) is 0 Å². The Morgan fingerprint density at radius 2 is 1.49 bits per heavy atom. The first-order valence-corrected chi connectivity index (χ1v) is 13.9. The van der Waals surface area contributed by atoms with Crippen LogP contribution in [0.4, 0.5) is 21.9 Å². The molecule has 2 N–H and O–H groups in total. The van der Waals surface area contributed by atoms with Gasteiger partial charge >= 0.3 is 6.03 Å². The average Bonchev–Trinajstić information content (AvgIpc) is 3.47. The molecule has 0 saturated carbocycles. The van der Waals surface area contributed by atoms with Crippen LogP contribution in [0.15, 0.2) is 60.7 Å². The van der Waals surface area contributed by atoms with Gasteiger partial charge in [0.25, 0.3) is 11.8 Å². The van der Waals surface area contributed by atoms with E-state index in [1.807, 2.05) is 51.1 Å². The molecule has 0 aromatic heterocycles. The van der Waals surface area contributed by atoms with Gasteiger partial charge in [0.2, 0.25) is 6.79 Å². The third kappa shape index (κ3) is 6.21. The quantitative estimate of drug-likeness (QED) is 0.432. The molecule has 0 unspecified atom stereocenters. The largest absolute Gasteiger partial charge is 0.454 e. The highest BCUT2D eigenvalue weighted by atomic mass is 16.7. The molecule has 0 spiro atoms. The third-order valence-electron chi connectivity index (χ3n) is 7.38. The second kappa shape index (κ2) is 12.2. The van der Waals surface area contributed by atoms with Gasteiger partial charge in [-0.05, 0) is 69.3 Å². The van der Waals surface area contributed by atoms with Crippen LogP contribution < -0.4 is 25.0 Å². The number of nitrogens with zero attached hydrogens (tertiary/aromatic N) is 3. The number of aryl methyl sites for hydroxylation is 1. The molecule has 2 heterocycles. The summed E-state index contributed by atoms with van der Waals surface area (Å²) in [5.74, 6) is 0.706. The molecular formula is C31H35N5O5. The molecule has 1 saturated heterocycles. The Bertz CT molecular complexity index is 1430. The molecule has 2 aliphatic rings. The lowest BCUT2D eigenvalue weighted by Gasteiger charge is -2.37. The van der Waals surface area contributed by atoms with E-state index < -0.39 is 0 Å². The van der Waals surface area contributed by atoms with Crippen molar-refractivity contribution < 1.29 is 23.9 Å². The van der Waals surface area contributed by atoms with Crippen molar-refractivity contribution in [3.63, 3.8) is 0 Å². The van der Waals surface area contributed by atoms with E-state index in [4.69, 9.17) is 9.47 Å². The van der Waals surface area contributed by atoms with Crippen LogP contribution in [0.5, 0.6) is 11.5 Å². The molecule has 0 bridgehead atoms. The van der Waals surface area contributed by atoms with Gasteiger partial charge in [0.15, 0.2) is 11.5 Å². The number of rotatable bonds is 7. The van der Waals surface area contributed by atoms with Gasteiger partial charge in [0.1, 0.15) is 0 Å². The zero-order valence-corrected chi connectivity index (χ0v) is 23.6. The van der Waals surface area contributed by atoms with Crippen molar-refractivity contribution in [2.75, 3.05) is 61.6 Å². The van der Waals surface area contributed by atoms with Crippen molar-refractivity contribution in [3.8, 4) is 11.5 Å². The Kier molecular flexibility index (Phi) is 8.28. The predicted molar refractivity (Wildman–Crippen MR) is 158 cm³/mol. The molecule has 4 amide bonds. The maximum atomic E-state index is 13.6. The molecule has 10 heteroatoms. The molecule has 1 fully saturated rings. The standard InChI is InChI=1S/C31H35N5O5/c1-4-34(5-2)30(38)25-19-24(32-29(37)22-8-13-27-28(18-22)41-20-40-27)11-12-26(25)35-14-16-36(17-15-35)31(39)33-23-9-6-21(3)7-10-23/h6-13,18-19H,4-5,14-17,20H2,1-3H3,(H,32,37)(H,33,39). The van der Waals surface area contributed by atoms with Crippen LogP contribution in [0.2, 0.25) is 0 Å². The van der Waals surface area contributed by atoms with E-state index in [0.717, 1.165) is 16.9 Å². The lowest BCUT2D eigenvalue weighted by Crippen LogP contribution is -2.50. The first-order valence-electron chi connectivity index (χ1n) is 13.9. The summed E-state index contributed by atoms with van der Waals surface area (Å²) in [7, 11) is 0. The highest BCUT2D eigenvalue weighted by Gasteiger charge is 2.26. The van der Waals surface area contributed by atoms with E-state index >= 15 is 0 Å². The highest BCUT2D eigenvalue weighted by molar-refractivity contribution is 6.06. The van der Waals surface area contributed by atoms with E-state index in [-0.39, 0.29) is 24.6 Å². The lowest BCUT2D eigenvalue weighted by molar-refractivity contribution is 0.0773. The van der Waals surface area contributed by atoms with Gasteiger partial charge in [-0.25, -0.2) is 4.79 Å². The fourth-order valence-electron chi connectivity index (χ4n) is 4.97. The SMILES string of the molecule is CCN(CC)C(=O)c1cc(NC(=O)c2ccc3c(c2)OCO3)ccc1N1CCN(C(=O)Nc2ccc(C)cc2)CC1. The minimum Gasteiger partial charge on any atom is -0.454 e. The summed E-state index contributed by atoms with van der Waals surface area (Å²) in [4.78, 5) is 45.1. The molecule has 214 valence electrons. The van der Waals surface area contributed by atoms with Crippen molar-refractivity contribution in [2.45, 2.75) is 20.8 Å². The maximum Gasteiger partial charge on any atom is 0.321 e. The molecule has 3 aromatic carbocycles. The van der Waals surface area contributed by atoms with E-state index in [2.05, 4.69) is 15.5 Å². The van der Waals surface area contributed by atoms with Crippen LogP contribution in [0.3, 0.4) is 0 Å². The zero-order chi connectivity index (χ0) is 28.9. The van der Waals surface area contributed by atoms with E-state index in [1.165, 1.54) is 0 Å². The summed E-state index contributed by atoms with van der Waals surface area (Å²) in [6.45, 7) is 9.32. The van der Waals surface area contributed by atoms with Crippen LogP contribution in [-0.2, 0) is 0 Å². The Balaban J connectivity index is 1.31. The highest BCUT2D eigenvalue weighted by Crippen LogP contribution is 2.33. The molecular weight excluding hydrogens is 522 g/mol. The summed E-state index contributed by atoms with van der Waals surface area (Å²) >= 11 is 0. The van der Waals surface area contributed by atoms with Crippen LogP contribution in [0.25, 0.3) is 0 Å². The monoisotopic (exact) mass is 557 g/mol. The third-order valence-corrected chi connectivity index (χ3v) is 7.38. The Hall–Kier alpha value is -4.73. The molecule has 10 nitrogen and oxygen atoms in total. The molecule has 0 radical (unpaired) electrons. The molecule has 2 aliphatic heterocycles. The summed E-state index contributed by atoms with van der Waals surface area (Å²) in [6, 6.07) is 18.0. The van der Waals surface area contributed by atoms with Crippen molar-refractivity contribution in [2.24, 2.45) is 0 Å². The Morgan fingerprint density at radius 3 is 2.20 bits per heavy atom. The topological polar surface area (TPSA) is 103 Å². The first-order chi connectivity index (χ1) is 19.9. The zero-order valence-electron chi connectivity index (χ0n) is 23.6. The van der Waals surface area contributed by atoms with Gasteiger partial charge in [0, 0.05) is 61.9 Å². The lowest BCUT2D eigenvalue weighted by atomic mass is 10.1. The number of carbonyl (C=O) groups is 3. The van der Waals surface area contributed by atoms with E-state index in [1.54, 1.807) is 40.1 Å². The minimum atomic E-state index is -0.314. The number of nitrogens with one attached hydrogen (secondary N) is 2. The summed E-state index contributed by atoms with van der Waals surface area (Å²) in [6.07, 6.45) is 0. The average molecular weight is 558 g/mol. The first kappa shape index (κ1) is 27.8. The van der Waals surface area contributed by atoms with E-state index in [0.29, 0.717) is 67.6 Å². The number of hydrogen-bond acceptors (Lipinski definition) is 6. The number of hydrogen-bond donors (Lipinski definition) is 2. The molecule has 0 aliphatic carbocycles. The number of piperazine rings is 1.